The molecule has 0 saturated carbocycles. The van der Waals surface area contributed by atoms with Gasteiger partial charge < -0.3 is 4.90 Å². The van der Waals surface area contributed by atoms with E-state index in [-0.39, 0.29) is 0 Å². The standard InChI is InChI=1S/C13H20N2O2S/c1-10(2)15-8-7-11-9-12(5-6-13(11)15)18(16,17)14(3)4/h5-6,9-10H,7-8H2,1-4H3. The summed E-state index contributed by atoms with van der Waals surface area (Å²) < 4.78 is 25.4. The highest BCUT2D eigenvalue weighted by molar-refractivity contribution is 7.89. The number of anilines is 1. The lowest BCUT2D eigenvalue weighted by Gasteiger charge is -2.24. The maximum absolute atomic E-state index is 12.1. The van der Waals surface area contributed by atoms with Gasteiger partial charge in [0.1, 0.15) is 0 Å². The van der Waals surface area contributed by atoms with E-state index in [1.165, 1.54) is 9.99 Å². The number of benzene rings is 1. The highest BCUT2D eigenvalue weighted by Gasteiger charge is 2.24. The second-order valence-corrected chi connectivity index (χ2v) is 7.27. The van der Waals surface area contributed by atoms with E-state index >= 15 is 0 Å². The average Bonchev–Trinajstić information content (AvgIpc) is 2.71. The molecule has 0 amide bonds. The lowest BCUT2D eigenvalue weighted by molar-refractivity contribution is 0.520. The Morgan fingerprint density at radius 1 is 1.28 bits per heavy atom. The summed E-state index contributed by atoms with van der Waals surface area (Å²) in [5.74, 6) is 0. The quantitative estimate of drug-likeness (QED) is 0.838. The van der Waals surface area contributed by atoms with E-state index in [0.29, 0.717) is 10.9 Å². The zero-order chi connectivity index (χ0) is 13.5. The number of hydrogen-bond donors (Lipinski definition) is 0. The van der Waals surface area contributed by atoms with Gasteiger partial charge in [-0.3, -0.25) is 0 Å². The van der Waals surface area contributed by atoms with Crippen molar-refractivity contribution >= 4 is 15.7 Å². The van der Waals surface area contributed by atoms with E-state index < -0.39 is 10.0 Å². The average molecular weight is 268 g/mol. The minimum atomic E-state index is -3.32. The van der Waals surface area contributed by atoms with Gasteiger partial charge in [-0.25, -0.2) is 12.7 Å². The molecule has 0 saturated heterocycles. The van der Waals surface area contributed by atoms with Gasteiger partial charge in [0.15, 0.2) is 0 Å². The van der Waals surface area contributed by atoms with Gasteiger partial charge >= 0.3 is 0 Å². The van der Waals surface area contributed by atoms with Crippen LogP contribution in [0.2, 0.25) is 0 Å². The lowest BCUT2D eigenvalue weighted by atomic mass is 10.2. The minimum absolute atomic E-state index is 0.386. The first kappa shape index (κ1) is 13.4. The number of sulfonamides is 1. The van der Waals surface area contributed by atoms with Gasteiger partial charge in [0.25, 0.3) is 0 Å². The number of nitrogens with zero attached hydrogens (tertiary/aromatic N) is 2. The predicted octanol–water partition coefficient (Wildman–Crippen LogP) is 1.71. The van der Waals surface area contributed by atoms with Crippen LogP contribution in [0, 0.1) is 0 Å². The Morgan fingerprint density at radius 2 is 1.94 bits per heavy atom. The molecular formula is C13H20N2O2S. The van der Waals surface area contributed by atoms with Crippen LogP contribution in [0.3, 0.4) is 0 Å². The molecule has 0 radical (unpaired) electrons. The van der Waals surface area contributed by atoms with Crippen LogP contribution < -0.4 is 4.90 Å². The third-order valence-corrected chi connectivity index (χ3v) is 5.20. The third kappa shape index (κ3) is 2.12. The highest BCUT2D eigenvalue weighted by atomic mass is 32.2. The minimum Gasteiger partial charge on any atom is -0.369 e. The topological polar surface area (TPSA) is 40.6 Å². The largest absolute Gasteiger partial charge is 0.369 e. The molecule has 0 N–H and O–H groups in total. The Kier molecular flexibility index (Phi) is 3.38. The molecule has 1 aromatic rings. The molecule has 5 heteroatoms. The lowest BCUT2D eigenvalue weighted by Crippen LogP contribution is -2.28. The summed E-state index contributed by atoms with van der Waals surface area (Å²) in [6.45, 7) is 5.28. The van der Waals surface area contributed by atoms with Crippen LogP contribution in [-0.4, -0.2) is 39.4 Å². The van der Waals surface area contributed by atoms with Crippen molar-refractivity contribution in [2.45, 2.75) is 31.2 Å². The van der Waals surface area contributed by atoms with Gasteiger partial charge in [-0.1, -0.05) is 0 Å². The molecule has 18 heavy (non-hydrogen) atoms. The molecule has 0 spiro atoms. The normalized spacial score (nSPS) is 15.6. The van der Waals surface area contributed by atoms with Crippen molar-refractivity contribution in [3.8, 4) is 0 Å². The summed E-state index contributed by atoms with van der Waals surface area (Å²) in [7, 11) is -0.204. The number of hydrogen-bond acceptors (Lipinski definition) is 3. The molecule has 0 atom stereocenters. The van der Waals surface area contributed by atoms with Gasteiger partial charge in [0, 0.05) is 32.4 Å². The highest BCUT2D eigenvalue weighted by Crippen LogP contribution is 2.31. The van der Waals surface area contributed by atoms with E-state index in [9.17, 15) is 8.42 Å². The van der Waals surface area contributed by atoms with Crippen LogP contribution in [0.1, 0.15) is 19.4 Å². The fraction of sp³-hybridized carbons (Fsp3) is 0.538. The maximum Gasteiger partial charge on any atom is 0.242 e. The maximum atomic E-state index is 12.1. The molecule has 0 aromatic heterocycles. The molecule has 1 aliphatic rings. The van der Waals surface area contributed by atoms with Crippen LogP contribution in [-0.2, 0) is 16.4 Å². The Hall–Kier alpha value is -1.07. The summed E-state index contributed by atoms with van der Waals surface area (Å²) in [5.41, 5.74) is 2.30. The van der Waals surface area contributed by atoms with E-state index in [1.54, 1.807) is 20.2 Å². The molecule has 1 heterocycles. The monoisotopic (exact) mass is 268 g/mol. The van der Waals surface area contributed by atoms with Gasteiger partial charge in [-0.05, 0) is 44.0 Å². The van der Waals surface area contributed by atoms with E-state index in [4.69, 9.17) is 0 Å². The summed E-state index contributed by atoms with van der Waals surface area (Å²) >= 11 is 0. The SMILES string of the molecule is CC(C)N1CCc2cc(S(=O)(=O)N(C)C)ccc21. The number of rotatable bonds is 3. The fourth-order valence-corrected chi connectivity index (χ4v) is 3.26. The molecule has 100 valence electrons. The first-order valence-corrected chi connectivity index (χ1v) is 7.60. The predicted molar refractivity (Wildman–Crippen MR) is 73.5 cm³/mol. The molecule has 2 rings (SSSR count). The van der Waals surface area contributed by atoms with Crippen molar-refractivity contribution in [2.24, 2.45) is 0 Å². The molecule has 1 aromatic carbocycles. The zero-order valence-electron chi connectivity index (χ0n) is 11.3. The van der Waals surface area contributed by atoms with Crippen LogP contribution >= 0.6 is 0 Å². The molecule has 0 fully saturated rings. The molecular weight excluding hydrogens is 248 g/mol. The van der Waals surface area contributed by atoms with E-state index in [2.05, 4.69) is 18.7 Å². The summed E-state index contributed by atoms with van der Waals surface area (Å²) in [6, 6.07) is 5.89. The van der Waals surface area contributed by atoms with Crippen LogP contribution in [0.4, 0.5) is 5.69 Å². The fourth-order valence-electron chi connectivity index (χ4n) is 2.31. The van der Waals surface area contributed by atoms with Crippen LogP contribution in [0.15, 0.2) is 23.1 Å². The molecule has 0 bridgehead atoms. The second-order valence-electron chi connectivity index (χ2n) is 5.12. The molecule has 4 nitrogen and oxygen atoms in total. The van der Waals surface area contributed by atoms with Gasteiger partial charge in [0.2, 0.25) is 10.0 Å². The first-order chi connectivity index (χ1) is 8.34. The second kappa shape index (κ2) is 4.55. The Labute approximate surface area is 109 Å². The van der Waals surface area contributed by atoms with Crippen LogP contribution in [0.25, 0.3) is 0 Å². The van der Waals surface area contributed by atoms with E-state index in [1.807, 2.05) is 12.1 Å². The Bertz CT molecular complexity index is 550. The molecule has 0 unspecified atom stereocenters. The van der Waals surface area contributed by atoms with Gasteiger partial charge in [-0.2, -0.15) is 0 Å². The molecule has 1 aliphatic heterocycles. The van der Waals surface area contributed by atoms with Crippen molar-refractivity contribution in [1.29, 1.82) is 0 Å². The third-order valence-electron chi connectivity index (χ3n) is 3.38. The summed E-state index contributed by atoms with van der Waals surface area (Å²) in [5, 5.41) is 0. The number of fused-ring (bicyclic) bond motifs is 1. The summed E-state index contributed by atoms with van der Waals surface area (Å²) in [6.07, 6.45) is 0.921. The van der Waals surface area contributed by atoms with Crippen molar-refractivity contribution in [3.63, 3.8) is 0 Å². The van der Waals surface area contributed by atoms with Crippen molar-refractivity contribution < 1.29 is 8.42 Å². The Balaban J connectivity index is 2.42. The zero-order valence-corrected chi connectivity index (χ0v) is 12.2. The Morgan fingerprint density at radius 3 is 2.50 bits per heavy atom. The first-order valence-electron chi connectivity index (χ1n) is 6.16. The van der Waals surface area contributed by atoms with Gasteiger partial charge in [-0.15, -0.1) is 0 Å². The van der Waals surface area contributed by atoms with Gasteiger partial charge in [0.05, 0.1) is 4.90 Å². The van der Waals surface area contributed by atoms with Crippen molar-refractivity contribution in [2.75, 3.05) is 25.5 Å². The molecule has 0 aliphatic carbocycles. The van der Waals surface area contributed by atoms with Crippen molar-refractivity contribution in [3.05, 3.63) is 23.8 Å². The van der Waals surface area contributed by atoms with E-state index in [0.717, 1.165) is 18.5 Å². The van der Waals surface area contributed by atoms with Crippen LogP contribution in [0.5, 0.6) is 0 Å². The smallest absolute Gasteiger partial charge is 0.242 e. The van der Waals surface area contributed by atoms with Crippen molar-refractivity contribution in [1.82, 2.24) is 4.31 Å². The summed E-state index contributed by atoms with van der Waals surface area (Å²) in [4.78, 5) is 2.69.